The first-order valence-corrected chi connectivity index (χ1v) is 8.62. The van der Waals surface area contributed by atoms with Crippen molar-refractivity contribution >= 4 is 0 Å². The van der Waals surface area contributed by atoms with Crippen LogP contribution in [0.4, 0.5) is 0 Å². The number of hydrogen-bond donors (Lipinski definition) is 1. The Morgan fingerprint density at radius 2 is 2.05 bits per heavy atom. The van der Waals surface area contributed by atoms with Crippen molar-refractivity contribution in [1.82, 2.24) is 4.90 Å². The first kappa shape index (κ1) is 16.3. The van der Waals surface area contributed by atoms with E-state index in [1.807, 2.05) is 0 Å². The summed E-state index contributed by atoms with van der Waals surface area (Å²) >= 11 is 0. The van der Waals surface area contributed by atoms with Crippen molar-refractivity contribution in [3.8, 4) is 0 Å². The standard InChI is InChI=1S/C17H33NO2/c1-4-8-20-15-6-5-7-18(11-15)12-16-14(3)9-13(2)10-17(16)19/h13-17,19H,4-12H2,1-3H3. The third kappa shape index (κ3) is 4.44. The van der Waals surface area contributed by atoms with Crippen LogP contribution < -0.4 is 0 Å². The third-order valence-electron chi connectivity index (χ3n) is 5.13. The molecule has 0 aromatic heterocycles. The van der Waals surface area contributed by atoms with E-state index in [0.717, 1.165) is 32.5 Å². The molecule has 1 saturated heterocycles. The maximum absolute atomic E-state index is 10.4. The molecule has 118 valence electrons. The van der Waals surface area contributed by atoms with Gasteiger partial charge in [-0.3, -0.25) is 0 Å². The number of aliphatic hydroxyl groups excluding tert-OH is 1. The van der Waals surface area contributed by atoms with E-state index in [0.29, 0.717) is 23.9 Å². The maximum atomic E-state index is 10.4. The number of likely N-dealkylation sites (tertiary alicyclic amines) is 1. The van der Waals surface area contributed by atoms with Crippen molar-refractivity contribution in [3.63, 3.8) is 0 Å². The van der Waals surface area contributed by atoms with Crippen molar-refractivity contribution in [2.24, 2.45) is 17.8 Å². The topological polar surface area (TPSA) is 32.7 Å². The zero-order chi connectivity index (χ0) is 14.5. The van der Waals surface area contributed by atoms with Gasteiger partial charge < -0.3 is 14.7 Å². The van der Waals surface area contributed by atoms with Gasteiger partial charge in [0.25, 0.3) is 0 Å². The molecule has 5 unspecified atom stereocenters. The Morgan fingerprint density at radius 3 is 2.75 bits per heavy atom. The average Bonchev–Trinajstić information content (AvgIpc) is 2.41. The SMILES string of the molecule is CCCOC1CCCN(CC2C(C)CC(C)CC2O)C1. The summed E-state index contributed by atoms with van der Waals surface area (Å²) in [5.74, 6) is 1.78. The summed E-state index contributed by atoms with van der Waals surface area (Å²) in [7, 11) is 0. The number of rotatable bonds is 5. The van der Waals surface area contributed by atoms with Gasteiger partial charge in [-0.25, -0.2) is 0 Å². The first-order valence-electron chi connectivity index (χ1n) is 8.62. The molecular weight excluding hydrogens is 250 g/mol. The van der Waals surface area contributed by atoms with Crippen LogP contribution in [0.1, 0.15) is 52.9 Å². The van der Waals surface area contributed by atoms with Gasteiger partial charge in [-0.05, 0) is 50.5 Å². The highest BCUT2D eigenvalue weighted by molar-refractivity contribution is 4.86. The van der Waals surface area contributed by atoms with Gasteiger partial charge in [0.1, 0.15) is 0 Å². The van der Waals surface area contributed by atoms with E-state index in [-0.39, 0.29) is 6.10 Å². The molecule has 3 nitrogen and oxygen atoms in total. The highest BCUT2D eigenvalue weighted by Crippen LogP contribution is 2.34. The molecule has 2 rings (SSSR count). The van der Waals surface area contributed by atoms with Crippen LogP contribution in [0.3, 0.4) is 0 Å². The van der Waals surface area contributed by atoms with Crippen LogP contribution in [0, 0.1) is 17.8 Å². The summed E-state index contributed by atoms with van der Waals surface area (Å²) in [5.41, 5.74) is 0. The van der Waals surface area contributed by atoms with E-state index in [2.05, 4.69) is 25.7 Å². The van der Waals surface area contributed by atoms with Gasteiger partial charge >= 0.3 is 0 Å². The zero-order valence-corrected chi connectivity index (χ0v) is 13.6. The summed E-state index contributed by atoms with van der Waals surface area (Å²) in [6, 6.07) is 0. The highest BCUT2D eigenvalue weighted by atomic mass is 16.5. The van der Waals surface area contributed by atoms with Crippen LogP contribution in [0.25, 0.3) is 0 Å². The van der Waals surface area contributed by atoms with Gasteiger partial charge in [-0.15, -0.1) is 0 Å². The molecule has 1 aliphatic carbocycles. The minimum Gasteiger partial charge on any atom is -0.393 e. The largest absolute Gasteiger partial charge is 0.393 e. The van der Waals surface area contributed by atoms with E-state index in [4.69, 9.17) is 4.74 Å². The first-order chi connectivity index (χ1) is 9.60. The quantitative estimate of drug-likeness (QED) is 0.842. The molecule has 1 heterocycles. The predicted molar refractivity (Wildman–Crippen MR) is 82.8 cm³/mol. The van der Waals surface area contributed by atoms with Crippen LogP contribution >= 0.6 is 0 Å². The molecule has 3 heteroatoms. The number of aliphatic hydroxyl groups is 1. The number of piperidine rings is 1. The van der Waals surface area contributed by atoms with Gasteiger partial charge in [0, 0.05) is 25.6 Å². The average molecular weight is 283 g/mol. The van der Waals surface area contributed by atoms with Gasteiger partial charge in [0.05, 0.1) is 12.2 Å². The lowest BCUT2D eigenvalue weighted by molar-refractivity contribution is -0.0346. The summed E-state index contributed by atoms with van der Waals surface area (Å²) in [4.78, 5) is 2.53. The molecule has 2 aliphatic rings. The maximum Gasteiger partial charge on any atom is 0.0702 e. The molecule has 0 aromatic rings. The van der Waals surface area contributed by atoms with Gasteiger partial charge in [-0.1, -0.05) is 20.8 Å². The normalized spacial score (nSPS) is 39.9. The Kier molecular flexibility index (Phi) is 6.31. The van der Waals surface area contributed by atoms with Crippen LogP contribution in [-0.4, -0.2) is 48.5 Å². The van der Waals surface area contributed by atoms with Crippen molar-refractivity contribution in [3.05, 3.63) is 0 Å². The predicted octanol–water partition coefficient (Wildman–Crippen LogP) is 2.92. The summed E-state index contributed by atoms with van der Waals surface area (Å²) < 4.78 is 5.92. The lowest BCUT2D eigenvalue weighted by Gasteiger charge is -2.41. The number of ether oxygens (including phenoxy) is 1. The van der Waals surface area contributed by atoms with Gasteiger partial charge in [0.15, 0.2) is 0 Å². The molecule has 20 heavy (non-hydrogen) atoms. The monoisotopic (exact) mass is 283 g/mol. The van der Waals surface area contributed by atoms with E-state index in [1.165, 1.54) is 25.8 Å². The lowest BCUT2D eigenvalue weighted by atomic mass is 9.73. The Hall–Kier alpha value is -0.120. The molecule has 0 amide bonds. The Balaban J connectivity index is 1.82. The highest BCUT2D eigenvalue weighted by Gasteiger charge is 2.34. The van der Waals surface area contributed by atoms with E-state index >= 15 is 0 Å². The fourth-order valence-corrected chi connectivity index (χ4v) is 4.07. The van der Waals surface area contributed by atoms with Crippen LogP contribution in [0.15, 0.2) is 0 Å². The summed E-state index contributed by atoms with van der Waals surface area (Å²) in [6.07, 6.45) is 6.11. The van der Waals surface area contributed by atoms with Gasteiger partial charge in [-0.2, -0.15) is 0 Å². The smallest absolute Gasteiger partial charge is 0.0702 e. The minimum atomic E-state index is -0.106. The Labute approximate surface area is 124 Å². The van der Waals surface area contributed by atoms with Crippen LogP contribution in [-0.2, 0) is 4.74 Å². The molecule has 1 saturated carbocycles. The van der Waals surface area contributed by atoms with Crippen molar-refractivity contribution in [2.45, 2.75) is 65.1 Å². The molecular formula is C17H33NO2. The second kappa shape index (κ2) is 7.77. The molecule has 0 bridgehead atoms. The molecule has 1 aliphatic heterocycles. The van der Waals surface area contributed by atoms with E-state index in [9.17, 15) is 5.11 Å². The van der Waals surface area contributed by atoms with Crippen molar-refractivity contribution in [1.29, 1.82) is 0 Å². The third-order valence-corrected chi connectivity index (χ3v) is 5.13. The van der Waals surface area contributed by atoms with Crippen LogP contribution in [0.2, 0.25) is 0 Å². The fraction of sp³-hybridized carbons (Fsp3) is 1.00. The number of nitrogens with zero attached hydrogens (tertiary/aromatic N) is 1. The number of hydrogen-bond acceptors (Lipinski definition) is 3. The second-order valence-electron chi connectivity index (χ2n) is 7.18. The van der Waals surface area contributed by atoms with Crippen LogP contribution in [0.5, 0.6) is 0 Å². The molecule has 0 spiro atoms. The van der Waals surface area contributed by atoms with Crippen molar-refractivity contribution < 1.29 is 9.84 Å². The second-order valence-corrected chi connectivity index (χ2v) is 7.18. The van der Waals surface area contributed by atoms with Gasteiger partial charge in [0.2, 0.25) is 0 Å². The Bertz CT molecular complexity index is 272. The molecule has 5 atom stereocenters. The molecule has 0 aromatic carbocycles. The fourth-order valence-electron chi connectivity index (χ4n) is 4.07. The summed E-state index contributed by atoms with van der Waals surface area (Å²) in [6.45, 7) is 10.9. The zero-order valence-electron chi connectivity index (χ0n) is 13.6. The van der Waals surface area contributed by atoms with E-state index in [1.54, 1.807) is 0 Å². The molecule has 1 N–H and O–H groups in total. The summed E-state index contributed by atoms with van der Waals surface area (Å²) in [5, 5.41) is 10.4. The minimum absolute atomic E-state index is 0.106. The van der Waals surface area contributed by atoms with E-state index < -0.39 is 0 Å². The van der Waals surface area contributed by atoms with Crippen molar-refractivity contribution in [2.75, 3.05) is 26.2 Å². The molecule has 0 radical (unpaired) electrons. The molecule has 2 fully saturated rings. The lowest BCUT2D eigenvalue weighted by Crippen LogP contribution is -2.47. The Morgan fingerprint density at radius 1 is 1.25 bits per heavy atom.